The Hall–Kier alpha value is -7.17. The molecule has 2 aromatic heterocycles. The SMILES string of the molecule is CC1(C)c2ccccc2N(c2ccccc2)c2c1c1c(c3c2c2ccccc2n3-c2ccc3c(=O)c4cc(-c5ccccc5)ccc4oc3c2)-c2ccccc2C1(C)C. The second-order valence-electron chi connectivity index (χ2n) is 17.2. The molecule has 0 amide bonds. The van der Waals surface area contributed by atoms with E-state index in [1.54, 1.807) is 0 Å². The minimum atomic E-state index is -0.328. The van der Waals surface area contributed by atoms with Crippen molar-refractivity contribution in [3.8, 4) is 27.9 Å². The third-order valence-corrected chi connectivity index (χ3v) is 13.3. The summed E-state index contributed by atoms with van der Waals surface area (Å²) in [7, 11) is 0. The Morgan fingerprint density at radius 1 is 0.508 bits per heavy atom. The molecule has 59 heavy (non-hydrogen) atoms. The van der Waals surface area contributed by atoms with Gasteiger partial charge in [-0.05, 0) is 87.5 Å². The van der Waals surface area contributed by atoms with Gasteiger partial charge in [0, 0.05) is 44.6 Å². The van der Waals surface area contributed by atoms with Crippen LogP contribution in [-0.4, -0.2) is 4.57 Å². The van der Waals surface area contributed by atoms with E-state index >= 15 is 0 Å². The maximum atomic E-state index is 14.3. The van der Waals surface area contributed by atoms with Crippen LogP contribution in [0.5, 0.6) is 0 Å². The van der Waals surface area contributed by atoms with Gasteiger partial charge in [0.05, 0.1) is 33.2 Å². The fraction of sp³-hybridized carbons (Fsp3) is 0.109. The number of hydrogen-bond donors (Lipinski definition) is 0. The quantitative estimate of drug-likeness (QED) is 0.168. The van der Waals surface area contributed by atoms with Crippen LogP contribution in [0.25, 0.3) is 71.7 Å². The van der Waals surface area contributed by atoms with Crippen molar-refractivity contribution in [1.29, 1.82) is 0 Å². The molecule has 4 nitrogen and oxygen atoms in total. The van der Waals surface area contributed by atoms with Gasteiger partial charge >= 0.3 is 0 Å². The van der Waals surface area contributed by atoms with Gasteiger partial charge in [0.2, 0.25) is 5.43 Å². The smallest absolute Gasteiger partial charge is 0.200 e. The highest BCUT2D eigenvalue weighted by atomic mass is 16.3. The molecule has 0 saturated heterocycles. The van der Waals surface area contributed by atoms with Crippen molar-refractivity contribution >= 4 is 60.8 Å². The second-order valence-corrected chi connectivity index (χ2v) is 17.2. The molecule has 2 aliphatic rings. The molecule has 0 unspecified atom stereocenters. The molecule has 1 aliphatic heterocycles. The van der Waals surface area contributed by atoms with Crippen LogP contribution >= 0.6 is 0 Å². The maximum Gasteiger partial charge on any atom is 0.200 e. The van der Waals surface area contributed by atoms with E-state index in [0.717, 1.165) is 33.5 Å². The molecule has 0 saturated carbocycles. The van der Waals surface area contributed by atoms with Gasteiger partial charge in [0.25, 0.3) is 0 Å². The molecule has 0 radical (unpaired) electrons. The van der Waals surface area contributed by atoms with Crippen LogP contribution in [0.3, 0.4) is 0 Å². The van der Waals surface area contributed by atoms with Crippen LogP contribution in [0.4, 0.5) is 17.1 Å². The minimum Gasteiger partial charge on any atom is -0.456 e. The number of aromatic nitrogens is 1. The molecule has 12 rings (SSSR count). The van der Waals surface area contributed by atoms with Gasteiger partial charge in [-0.2, -0.15) is 0 Å². The Morgan fingerprint density at radius 3 is 2.00 bits per heavy atom. The van der Waals surface area contributed by atoms with Gasteiger partial charge in [-0.25, -0.2) is 0 Å². The van der Waals surface area contributed by atoms with E-state index in [2.05, 4.69) is 165 Å². The highest BCUT2D eigenvalue weighted by molar-refractivity contribution is 6.23. The first kappa shape index (κ1) is 33.9. The third-order valence-electron chi connectivity index (χ3n) is 13.3. The number of rotatable bonds is 3. The summed E-state index contributed by atoms with van der Waals surface area (Å²) in [5, 5.41) is 3.53. The van der Waals surface area contributed by atoms with E-state index in [-0.39, 0.29) is 16.3 Å². The van der Waals surface area contributed by atoms with Crippen LogP contribution in [0, 0.1) is 0 Å². The molecular formula is C55H40N2O2. The summed E-state index contributed by atoms with van der Waals surface area (Å²) in [6.45, 7) is 9.63. The summed E-state index contributed by atoms with van der Waals surface area (Å²) < 4.78 is 9.10. The first-order valence-corrected chi connectivity index (χ1v) is 20.5. The van der Waals surface area contributed by atoms with E-state index in [9.17, 15) is 4.79 Å². The van der Waals surface area contributed by atoms with E-state index in [4.69, 9.17) is 4.42 Å². The van der Waals surface area contributed by atoms with Crippen LogP contribution in [-0.2, 0) is 10.8 Å². The highest BCUT2D eigenvalue weighted by Crippen LogP contribution is 2.64. The molecular weight excluding hydrogens is 721 g/mol. The maximum absolute atomic E-state index is 14.3. The van der Waals surface area contributed by atoms with Gasteiger partial charge < -0.3 is 13.9 Å². The van der Waals surface area contributed by atoms with Crippen molar-refractivity contribution in [2.75, 3.05) is 4.90 Å². The normalized spacial score (nSPS) is 14.7. The predicted octanol–water partition coefficient (Wildman–Crippen LogP) is 14.1. The van der Waals surface area contributed by atoms with E-state index in [1.807, 2.05) is 42.5 Å². The topological polar surface area (TPSA) is 38.4 Å². The Balaban J connectivity index is 1.23. The van der Waals surface area contributed by atoms with Gasteiger partial charge in [-0.15, -0.1) is 0 Å². The molecule has 0 spiro atoms. The summed E-state index contributed by atoms with van der Waals surface area (Å²) in [6.07, 6.45) is 0. The third kappa shape index (κ3) is 4.52. The number of anilines is 3. The van der Waals surface area contributed by atoms with Crippen LogP contribution in [0.1, 0.15) is 49.9 Å². The van der Waals surface area contributed by atoms with Crippen molar-refractivity contribution in [3.05, 3.63) is 202 Å². The van der Waals surface area contributed by atoms with Crippen LogP contribution in [0.2, 0.25) is 0 Å². The van der Waals surface area contributed by atoms with Crippen molar-refractivity contribution in [3.63, 3.8) is 0 Å². The van der Waals surface area contributed by atoms with E-state index < -0.39 is 0 Å². The van der Waals surface area contributed by atoms with E-state index in [1.165, 1.54) is 55.5 Å². The molecule has 282 valence electrons. The number of hydrogen-bond acceptors (Lipinski definition) is 3. The Bertz CT molecular complexity index is 3460. The Morgan fingerprint density at radius 2 is 1.19 bits per heavy atom. The van der Waals surface area contributed by atoms with Crippen molar-refractivity contribution < 1.29 is 4.42 Å². The molecule has 1 aliphatic carbocycles. The van der Waals surface area contributed by atoms with Crippen molar-refractivity contribution in [2.24, 2.45) is 0 Å². The first-order valence-electron chi connectivity index (χ1n) is 20.5. The molecule has 8 aromatic carbocycles. The molecule has 0 N–H and O–H groups in total. The molecule has 0 bridgehead atoms. The molecule has 3 heterocycles. The van der Waals surface area contributed by atoms with Crippen LogP contribution in [0.15, 0.2) is 179 Å². The van der Waals surface area contributed by atoms with Crippen LogP contribution < -0.4 is 10.3 Å². The summed E-state index contributed by atoms with van der Waals surface area (Å²) in [4.78, 5) is 16.8. The zero-order valence-electron chi connectivity index (χ0n) is 33.4. The summed E-state index contributed by atoms with van der Waals surface area (Å²) in [5.74, 6) is 0. The van der Waals surface area contributed by atoms with Gasteiger partial charge in [0.1, 0.15) is 11.2 Å². The largest absolute Gasteiger partial charge is 0.456 e. The highest BCUT2D eigenvalue weighted by Gasteiger charge is 2.48. The minimum absolute atomic E-state index is 0.0298. The lowest BCUT2D eigenvalue weighted by Gasteiger charge is -2.45. The molecule has 4 heteroatoms. The van der Waals surface area contributed by atoms with Crippen molar-refractivity contribution in [2.45, 2.75) is 38.5 Å². The van der Waals surface area contributed by atoms with Gasteiger partial charge in [-0.1, -0.05) is 143 Å². The predicted molar refractivity (Wildman–Crippen MR) is 244 cm³/mol. The number of benzene rings is 8. The summed E-state index contributed by atoms with van der Waals surface area (Å²) in [5.41, 5.74) is 17.1. The van der Waals surface area contributed by atoms with E-state index in [0.29, 0.717) is 21.9 Å². The molecule has 0 fully saturated rings. The Kier molecular flexibility index (Phi) is 6.86. The lowest BCUT2D eigenvalue weighted by molar-refractivity contribution is 0.585. The van der Waals surface area contributed by atoms with Crippen molar-refractivity contribution in [1.82, 2.24) is 4.57 Å². The average Bonchev–Trinajstić information content (AvgIpc) is 3.73. The summed E-state index contributed by atoms with van der Waals surface area (Å²) in [6, 6.07) is 59.8. The van der Waals surface area contributed by atoms with Gasteiger partial charge in [-0.3, -0.25) is 4.79 Å². The standard InChI is InChI=1S/C55H40N2O2/c1-54(2)41-23-13-11-21-37(41)47-49(54)50-52(56(35-19-9-6-10-20-35)44-26-16-14-24-42(44)55(50,3)4)48-38-22-12-15-25-43(38)57(51(47)48)36-28-29-39-46(32-36)59-45-30-27-34(31-40(45)53(39)58)33-17-7-5-8-18-33/h5-32H,1-4H3. The van der Waals surface area contributed by atoms with Gasteiger partial charge in [0.15, 0.2) is 0 Å². The number of fused-ring (bicyclic) bond motifs is 13. The zero-order valence-corrected chi connectivity index (χ0v) is 33.4. The number of para-hydroxylation sites is 3. The average molecular weight is 761 g/mol. The fourth-order valence-electron chi connectivity index (χ4n) is 10.7. The lowest BCUT2D eigenvalue weighted by atomic mass is 9.66. The zero-order chi connectivity index (χ0) is 39.8. The monoisotopic (exact) mass is 760 g/mol. The Labute approximate surface area is 342 Å². The number of nitrogens with zero attached hydrogens (tertiary/aromatic N) is 2. The second kappa shape index (κ2) is 11.9. The first-order chi connectivity index (χ1) is 28.7. The lowest BCUT2D eigenvalue weighted by Crippen LogP contribution is -2.34. The summed E-state index contributed by atoms with van der Waals surface area (Å²) >= 11 is 0. The molecule has 0 atom stereocenters. The fourth-order valence-corrected chi connectivity index (χ4v) is 10.7. The molecule has 10 aromatic rings.